The summed E-state index contributed by atoms with van der Waals surface area (Å²) >= 11 is 0. The van der Waals surface area contributed by atoms with E-state index >= 15 is 0 Å². The maximum atomic E-state index is 12.4. The Hall–Kier alpha value is -1.85. The smallest absolute Gasteiger partial charge is 0.387 e. The van der Waals surface area contributed by atoms with Gasteiger partial charge in [0.2, 0.25) is 0 Å². The van der Waals surface area contributed by atoms with Crippen molar-refractivity contribution in [3.05, 3.63) is 29.8 Å². The number of hydrogen-bond acceptors (Lipinski definition) is 2. The summed E-state index contributed by atoms with van der Waals surface area (Å²) < 4.78 is 29.3. The summed E-state index contributed by atoms with van der Waals surface area (Å²) in [5, 5.41) is 6.43. The van der Waals surface area contributed by atoms with Gasteiger partial charge in [0.15, 0.2) is 5.96 Å². The van der Waals surface area contributed by atoms with Crippen LogP contribution in [0.3, 0.4) is 0 Å². The van der Waals surface area contributed by atoms with Crippen molar-refractivity contribution in [1.82, 2.24) is 10.6 Å². The molecule has 1 aromatic rings. The number of benzene rings is 1. The van der Waals surface area contributed by atoms with Crippen molar-refractivity contribution in [1.29, 1.82) is 0 Å². The number of nitrogens with zero attached hydrogens (tertiary/aromatic N) is 1. The zero-order valence-corrected chi connectivity index (χ0v) is 12.8. The van der Waals surface area contributed by atoms with Gasteiger partial charge in [-0.3, -0.25) is 0 Å². The molecule has 22 heavy (non-hydrogen) atoms. The van der Waals surface area contributed by atoms with Crippen LogP contribution in [0, 0.1) is 5.92 Å². The van der Waals surface area contributed by atoms with Crippen LogP contribution in [0.5, 0.6) is 5.75 Å². The number of hydrogen-bond donors (Lipinski definition) is 2. The fourth-order valence-corrected chi connectivity index (χ4v) is 2.15. The summed E-state index contributed by atoms with van der Waals surface area (Å²) in [6.07, 6.45) is 3.80. The first-order valence-corrected chi connectivity index (χ1v) is 7.74. The monoisotopic (exact) mass is 311 g/mol. The van der Waals surface area contributed by atoms with Crippen molar-refractivity contribution >= 4 is 5.96 Å². The molecule has 1 aliphatic carbocycles. The third-order valence-electron chi connectivity index (χ3n) is 3.48. The Morgan fingerprint density at radius 2 is 2.09 bits per heavy atom. The maximum Gasteiger partial charge on any atom is 0.387 e. The summed E-state index contributed by atoms with van der Waals surface area (Å²) in [6.45, 7) is 1.10. The maximum absolute atomic E-state index is 12.4. The quantitative estimate of drug-likeness (QED) is 0.573. The number of guanidine groups is 1. The first kappa shape index (κ1) is 16.5. The lowest BCUT2D eigenvalue weighted by Crippen LogP contribution is -2.37. The summed E-state index contributed by atoms with van der Waals surface area (Å²) in [4.78, 5) is 4.44. The zero-order chi connectivity index (χ0) is 15.8. The molecule has 6 heteroatoms. The van der Waals surface area contributed by atoms with E-state index in [4.69, 9.17) is 0 Å². The van der Waals surface area contributed by atoms with Gasteiger partial charge in [0, 0.05) is 18.7 Å². The second kappa shape index (κ2) is 8.56. The Labute approximate surface area is 130 Å². The van der Waals surface area contributed by atoms with Crippen LogP contribution in [0.4, 0.5) is 8.78 Å². The Bertz CT molecular complexity index is 490. The van der Waals surface area contributed by atoms with Crippen LogP contribution >= 0.6 is 0 Å². The molecule has 0 aliphatic heterocycles. The van der Waals surface area contributed by atoms with Crippen molar-refractivity contribution in [3.8, 4) is 5.75 Å². The van der Waals surface area contributed by atoms with Gasteiger partial charge in [-0.1, -0.05) is 31.0 Å². The first-order chi connectivity index (χ1) is 10.7. The van der Waals surface area contributed by atoms with Crippen molar-refractivity contribution in [2.24, 2.45) is 10.9 Å². The molecule has 4 nitrogen and oxygen atoms in total. The lowest BCUT2D eigenvalue weighted by atomic mass is 10.2. The van der Waals surface area contributed by atoms with E-state index in [2.05, 4.69) is 20.4 Å². The van der Waals surface area contributed by atoms with Crippen LogP contribution < -0.4 is 15.4 Å². The number of alkyl halides is 2. The molecule has 1 fully saturated rings. The molecular weight excluding hydrogens is 288 g/mol. The molecule has 1 saturated carbocycles. The summed E-state index contributed by atoms with van der Waals surface area (Å²) in [6, 6.07) is 6.74. The molecule has 2 N–H and O–H groups in total. The average Bonchev–Trinajstić information content (AvgIpc) is 3.30. The average molecular weight is 311 g/mol. The van der Waals surface area contributed by atoms with Gasteiger partial charge in [0.05, 0.1) is 6.54 Å². The number of aliphatic imine (C=N–C) groups is 1. The van der Waals surface area contributed by atoms with E-state index in [1.165, 1.54) is 18.9 Å². The largest absolute Gasteiger partial charge is 0.434 e. The molecular formula is C16H23F2N3O. The topological polar surface area (TPSA) is 45.7 Å². The molecule has 0 unspecified atom stereocenters. The molecule has 1 aliphatic rings. The fourth-order valence-electron chi connectivity index (χ4n) is 2.15. The molecule has 0 saturated heterocycles. The minimum absolute atomic E-state index is 0.176. The van der Waals surface area contributed by atoms with Gasteiger partial charge in [0.1, 0.15) is 5.75 Å². The van der Waals surface area contributed by atoms with Crippen molar-refractivity contribution in [2.75, 3.05) is 13.1 Å². The minimum atomic E-state index is -2.82. The van der Waals surface area contributed by atoms with Gasteiger partial charge in [-0.2, -0.15) is 8.78 Å². The van der Waals surface area contributed by atoms with Crippen LogP contribution in [0.1, 0.15) is 31.7 Å². The number of halogens is 2. The van der Waals surface area contributed by atoms with E-state index < -0.39 is 6.61 Å². The van der Waals surface area contributed by atoms with Crippen molar-refractivity contribution in [2.45, 2.75) is 39.3 Å². The van der Waals surface area contributed by atoms with Crippen molar-refractivity contribution in [3.63, 3.8) is 0 Å². The van der Waals surface area contributed by atoms with Crippen LogP contribution in [0.15, 0.2) is 29.3 Å². The van der Waals surface area contributed by atoms with Gasteiger partial charge in [-0.05, 0) is 25.3 Å². The highest BCUT2D eigenvalue weighted by Crippen LogP contribution is 2.31. The second-order valence-electron chi connectivity index (χ2n) is 5.34. The number of nitrogens with one attached hydrogen (secondary N) is 2. The molecule has 1 aromatic carbocycles. The third kappa shape index (κ3) is 5.87. The summed E-state index contributed by atoms with van der Waals surface area (Å²) in [7, 11) is 0. The SMILES string of the molecule is CCNC(=NCc1ccccc1OC(F)F)NCCC1CC1. The number of para-hydroxylation sites is 1. The van der Waals surface area contributed by atoms with Gasteiger partial charge < -0.3 is 15.4 Å². The van der Waals surface area contributed by atoms with Gasteiger partial charge in [-0.25, -0.2) is 4.99 Å². The molecule has 2 rings (SSSR count). The van der Waals surface area contributed by atoms with Crippen LogP contribution in [0.2, 0.25) is 0 Å². The standard InChI is InChI=1S/C16H23F2N3O/c1-2-19-16(20-10-9-12-7-8-12)21-11-13-5-3-4-6-14(13)22-15(17)18/h3-6,12,15H,2,7-11H2,1H3,(H2,19,20,21). The number of rotatable bonds is 8. The molecule has 122 valence electrons. The highest BCUT2D eigenvalue weighted by molar-refractivity contribution is 5.79. The number of ether oxygens (including phenoxy) is 1. The van der Waals surface area contributed by atoms with Crippen LogP contribution in [-0.2, 0) is 6.54 Å². The molecule has 0 bridgehead atoms. The Morgan fingerprint density at radius 1 is 1.32 bits per heavy atom. The van der Waals surface area contributed by atoms with Gasteiger partial charge in [0.25, 0.3) is 0 Å². The highest BCUT2D eigenvalue weighted by atomic mass is 19.3. The second-order valence-corrected chi connectivity index (χ2v) is 5.34. The molecule has 0 heterocycles. The Kier molecular flexibility index (Phi) is 6.43. The minimum Gasteiger partial charge on any atom is -0.434 e. The third-order valence-corrected chi connectivity index (χ3v) is 3.48. The zero-order valence-electron chi connectivity index (χ0n) is 12.8. The Morgan fingerprint density at radius 3 is 2.77 bits per heavy atom. The predicted octanol–water partition coefficient (Wildman–Crippen LogP) is 3.14. The van der Waals surface area contributed by atoms with Gasteiger partial charge in [-0.15, -0.1) is 0 Å². The molecule has 0 spiro atoms. The van der Waals surface area contributed by atoms with Crippen LogP contribution in [-0.4, -0.2) is 25.7 Å². The fraction of sp³-hybridized carbons (Fsp3) is 0.562. The van der Waals surface area contributed by atoms with E-state index in [9.17, 15) is 8.78 Å². The molecule has 0 radical (unpaired) electrons. The summed E-state index contributed by atoms with van der Waals surface area (Å²) in [5.74, 6) is 1.74. The Balaban J connectivity index is 1.93. The predicted molar refractivity (Wildman–Crippen MR) is 83.2 cm³/mol. The normalized spacial score (nSPS) is 15.0. The van der Waals surface area contributed by atoms with E-state index in [1.54, 1.807) is 18.2 Å². The molecule has 0 aromatic heterocycles. The lowest BCUT2D eigenvalue weighted by Gasteiger charge is -2.12. The lowest BCUT2D eigenvalue weighted by molar-refractivity contribution is -0.0504. The van der Waals surface area contributed by atoms with E-state index in [0.717, 1.165) is 25.4 Å². The van der Waals surface area contributed by atoms with Gasteiger partial charge >= 0.3 is 6.61 Å². The van der Waals surface area contributed by atoms with Crippen molar-refractivity contribution < 1.29 is 13.5 Å². The highest BCUT2D eigenvalue weighted by Gasteiger charge is 2.20. The molecule has 0 atom stereocenters. The summed E-state index contributed by atoms with van der Waals surface area (Å²) in [5.41, 5.74) is 0.641. The van der Waals surface area contributed by atoms with E-state index in [1.807, 2.05) is 6.92 Å². The first-order valence-electron chi connectivity index (χ1n) is 7.74. The molecule has 0 amide bonds. The van der Waals surface area contributed by atoms with E-state index in [0.29, 0.717) is 18.1 Å². The van der Waals surface area contributed by atoms with Crippen LogP contribution in [0.25, 0.3) is 0 Å². The van der Waals surface area contributed by atoms with E-state index in [-0.39, 0.29) is 5.75 Å².